The second-order valence-electron chi connectivity index (χ2n) is 5.94. The van der Waals surface area contributed by atoms with Crippen molar-refractivity contribution in [2.24, 2.45) is 0 Å². The van der Waals surface area contributed by atoms with Crippen molar-refractivity contribution in [3.8, 4) is 0 Å². The van der Waals surface area contributed by atoms with Gasteiger partial charge in [-0.15, -0.1) is 0 Å². The Kier molecular flexibility index (Phi) is 4.38. The number of nitrogens with zero attached hydrogens (tertiary/aromatic N) is 2. The van der Waals surface area contributed by atoms with Crippen molar-refractivity contribution in [2.45, 2.75) is 31.8 Å². The molecule has 1 heterocycles. The van der Waals surface area contributed by atoms with Crippen LogP contribution in [-0.2, 0) is 9.53 Å². The fourth-order valence-corrected chi connectivity index (χ4v) is 3.19. The van der Waals surface area contributed by atoms with E-state index in [0.29, 0.717) is 11.3 Å². The first-order chi connectivity index (χ1) is 11.8. The van der Waals surface area contributed by atoms with Gasteiger partial charge in [-0.25, -0.2) is 9.59 Å². The third-order valence-corrected chi connectivity index (χ3v) is 4.66. The number of hydrogen-bond donors (Lipinski definition) is 1. The van der Waals surface area contributed by atoms with Gasteiger partial charge in [0.2, 0.25) is 0 Å². The zero-order chi connectivity index (χ0) is 18.3. The summed E-state index contributed by atoms with van der Waals surface area (Å²) in [6.45, 7) is 1.68. The molecule has 1 N–H and O–H groups in total. The number of carbonyl (C=O) groups excluding carboxylic acids is 2. The molecule has 25 heavy (non-hydrogen) atoms. The molecule has 0 radical (unpaired) electrons. The lowest BCUT2D eigenvalue weighted by atomic mass is 9.94. The van der Waals surface area contributed by atoms with E-state index in [0.717, 1.165) is 12.8 Å². The molecule has 1 aliphatic carbocycles. The largest absolute Gasteiger partial charge is 0.466 e. The number of benzene rings is 1. The van der Waals surface area contributed by atoms with E-state index in [1.54, 1.807) is 17.9 Å². The Balaban J connectivity index is 2.11. The summed E-state index contributed by atoms with van der Waals surface area (Å²) in [5, 5.41) is 13.9. The summed E-state index contributed by atoms with van der Waals surface area (Å²) in [6.07, 6.45) is 1.74. The van der Waals surface area contributed by atoms with E-state index in [-0.39, 0.29) is 28.4 Å². The molecule has 2 aliphatic rings. The molecule has 1 fully saturated rings. The van der Waals surface area contributed by atoms with Crippen LogP contribution in [0.25, 0.3) is 0 Å². The Morgan fingerprint density at radius 3 is 2.68 bits per heavy atom. The number of nitro groups is 1. The lowest BCUT2D eigenvalue weighted by molar-refractivity contribution is -0.384. The van der Waals surface area contributed by atoms with Gasteiger partial charge in [-0.2, -0.15) is 0 Å². The molecule has 0 unspecified atom stereocenters. The quantitative estimate of drug-likeness (QED) is 0.502. The number of nitro benzene ring substituents is 1. The molecular formula is C16H16ClN3O5. The smallest absolute Gasteiger partial charge is 0.337 e. The third-order valence-electron chi connectivity index (χ3n) is 4.34. The van der Waals surface area contributed by atoms with Crippen LogP contribution in [0.2, 0.25) is 5.02 Å². The highest BCUT2D eigenvalue weighted by Crippen LogP contribution is 2.39. The van der Waals surface area contributed by atoms with Crippen LogP contribution >= 0.6 is 11.6 Å². The predicted octanol–water partition coefficient (Wildman–Crippen LogP) is 2.92. The molecule has 1 saturated carbocycles. The van der Waals surface area contributed by atoms with E-state index in [9.17, 15) is 19.7 Å². The number of hydrogen-bond acceptors (Lipinski definition) is 5. The average Bonchev–Trinajstić information content (AvgIpc) is 3.38. The van der Waals surface area contributed by atoms with Gasteiger partial charge in [0, 0.05) is 17.8 Å². The number of ether oxygens (including phenoxy) is 1. The van der Waals surface area contributed by atoms with Crippen LogP contribution < -0.4 is 5.32 Å². The Morgan fingerprint density at radius 1 is 1.44 bits per heavy atom. The van der Waals surface area contributed by atoms with Gasteiger partial charge in [0.1, 0.15) is 5.02 Å². The number of methoxy groups -OCH3 is 1. The van der Waals surface area contributed by atoms with E-state index in [1.165, 1.54) is 19.2 Å². The SMILES string of the molecule is COC(=O)C1=C(C)N(C2CC2)C(=O)N[C@H]1c1ccc(Cl)c([N+](=O)[O-])c1. The van der Waals surface area contributed by atoms with Gasteiger partial charge >= 0.3 is 12.0 Å². The molecule has 0 aromatic heterocycles. The molecule has 0 bridgehead atoms. The molecular weight excluding hydrogens is 350 g/mol. The van der Waals surface area contributed by atoms with Gasteiger partial charge in [-0.3, -0.25) is 15.0 Å². The van der Waals surface area contributed by atoms with Crippen molar-refractivity contribution in [3.05, 3.63) is 50.2 Å². The van der Waals surface area contributed by atoms with Crippen LogP contribution in [0.1, 0.15) is 31.4 Å². The normalized spacial score (nSPS) is 20.4. The van der Waals surface area contributed by atoms with Gasteiger partial charge in [-0.05, 0) is 31.4 Å². The van der Waals surface area contributed by atoms with Gasteiger partial charge in [-0.1, -0.05) is 17.7 Å². The lowest BCUT2D eigenvalue weighted by Crippen LogP contribution is -2.48. The number of halogens is 1. The van der Waals surface area contributed by atoms with Crippen molar-refractivity contribution < 1.29 is 19.2 Å². The van der Waals surface area contributed by atoms with Crippen LogP contribution in [0.3, 0.4) is 0 Å². The molecule has 0 saturated heterocycles. The van der Waals surface area contributed by atoms with E-state index >= 15 is 0 Å². The van der Waals surface area contributed by atoms with E-state index in [2.05, 4.69) is 5.32 Å². The van der Waals surface area contributed by atoms with E-state index in [4.69, 9.17) is 16.3 Å². The zero-order valence-corrected chi connectivity index (χ0v) is 14.4. The number of esters is 1. The zero-order valence-electron chi connectivity index (χ0n) is 13.6. The Morgan fingerprint density at radius 2 is 2.12 bits per heavy atom. The van der Waals surface area contributed by atoms with Crippen molar-refractivity contribution in [3.63, 3.8) is 0 Å². The van der Waals surface area contributed by atoms with Crippen molar-refractivity contribution in [1.82, 2.24) is 10.2 Å². The third kappa shape index (κ3) is 3.05. The van der Waals surface area contributed by atoms with Gasteiger partial charge in [0.15, 0.2) is 0 Å². The number of nitrogens with one attached hydrogen (secondary N) is 1. The first-order valence-electron chi connectivity index (χ1n) is 7.67. The van der Waals surface area contributed by atoms with Crippen molar-refractivity contribution in [1.29, 1.82) is 0 Å². The maximum Gasteiger partial charge on any atom is 0.337 e. The number of rotatable bonds is 4. The van der Waals surface area contributed by atoms with Gasteiger partial charge in [0.05, 0.1) is 23.6 Å². The van der Waals surface area contributed by atoms with Crippen molar-refractivity contribution >= 4 is 29.3 Å². The van der Waals surface area contributed by atoms with Crippen LogP contribution in [0.5, 0.6) is 0 Å². The Hall–Kier alpha value is -2.61. The highest BCUT2D eigenvalue weighted by atomic mass is 35.5. The molecule has 8 nitrogen and oxygen atoms in total. The number of amides is 2. The first-order valence-corrected chi connectivity index (χ1v) is 8.05. The highest BCUT2D eigenvalue weighted by molar-refractivity contribution is 6.32. The molecule has 1 aromatic carbocycles. The van der Waals surface area contributed by atoms with Crippen LogP contribution in [0.4, 0.5) is 10.5 Å². The molecule has 1 atom stereocenters. The minimum Gasteiger partial charge on any atom is -0.466 e. The Bertz CT molecular complexity index is 803. The standard InChI is InChI=1S/C16H16ClN3O5/c1-8-13(15(21)25-2)14(18-16(22)19(8)10-4-5-10)9-3-6-11(17)12(7-9)20(23)24/h3,6-7,10,14H,4-5H2,1-2H3,(H,18,22)/t14-/m0/s1. The topological polar surface area (TPSA) is 102 Å². The monoisotopic (exact) mass is 365 g/mol. The van der Waals surface area contributed by atoms with Gasteiger partial charge in [0.25, 0.3) is 5.69 Å². The van der Waals surface area contributed by atoms with E-state index in [1.807, 2.05) is 0 Å². The molecule has 2 amide bonds. The summed E-state index contributed by atoms with van der Waals surface area (Å²) in [5.41, 5.74) is 0.853. The molecule has 0 spiro atoms. The van der Waals surface area contributed by atoms with Crippen molar-refractivity contribution in [2.75, 3.05) is 7.11 Å². The van der Waals surface area contributed by atoms with Gasteiger partial charge < -0.3 is 10.1 Å². The Labute approximate surface area is 148 Å². The van der Waals surface area contributed by atoms with Crippen LogP contribution in [0.15, 0.2) is 29.5 Å². The average molecular weight is 366 g/mol. The maximum absolute atomic E-state index is 12.5. The molecule has 1 aliphatic heterocycles. The second kappa shape index (κ2) is 6.36. The molecule has 132 valence electrons. The summed E-state index contributed by atoms with van der Waals surface area (Å²) in [6, 6.07) is 3.07. The minimum atomic E-state index is -0.842. The lowest BCUT2D eigenvalue weighted by Gasteiger charge is -2.35. The predicted molar refractivity (Wildman–Crippen MR) is 89.0 cm³/mol. The summed E-state index contributed by atoms with van der Waals surface area (Å²) in [5.74, 6) is -0.592. The highest BCUT2D eigenvalue weighted by Gasteiger charge is 2.42. The molecule has 9 heteroatoms. The summed E-state index contributed by atoms with van der Waals surface area (Å²) >= 11 is 5.85. The minimum absolute atomic E-state index is 0.0178. The fourth-order valence-electron chi connectivity index (χ4n) is 3.00. The van der Waals surface area contributed by atoms with Crippen LogP contribution in [0, 0.1) is 10.1 Å². The summed E-state index contributed by atoms with van der Waals surface area (Å²) < 4.78 is 4.86. The number of carbonyl (C=O) groups is 2. The second-order valence-corrected chi connectivity index (χ2v) is 6.35. The van der Waals surface area contributed by atoms with E-state index < -0.39 is 16.9 Å². The number of urea groups is 1. The molecule has 1 aromatic rings. The summed E-state index contributed by atoms with van der Waals surface area (Å²) in [7, 11) is 1.25. The maximum atomic E-state index is 12.5. The fraction of sp³-hybridized carbons (Fsp3) is 0.375. The molecule has 3 rings (SSSR count). The first kappa shape index (κ1) is 17.2. The van der Waals surface area contributed by atoms with Crippen LogP contribution in [-0.4, -0.2) is 35.0 Å². The summed E-state index contributed by atoms with van der Waals surface area (Å²) in [4.78, 5) is 36.9. The number of allylic oxidation sites excluding steroid dienone is 1.